The summed E-state index contributed by atoms with van der Waals surface area (Å²) >= 11 is 3.07. The van der Waals surface area contributed by atoms with Crippen molar-refractivity contribution in [1.29, 1.82) is 0 Å². The largest absolute Gasteiger partial charge is 0.467 e. The van der Waals surface area contributed by atoms with E-state index >= 15 is 0 Å². The van der Waals surface area contributed by atoms with Crippen molar-refractivity contribution in [2.75, 3.05) is 5.75 Å². The molecule has 0 fully saturated rings. The molecule has 5 rings (SSSR count). The van der Waals surface area contributed by atoms with Crippen LogP contribution < -0.4 is 5.56 Å². The first-order valence-corrected chi connectivity index (χ1v) is 11.9. The Hall–Kier alpha value is -2.35. The Bertz CT molecular complexity index is 1210. The maximum atomic E-state index is 13.5. The standard InChI is InChI=1S/C23H22N2O3S2/c26-18(15-7-2-1-3-8-15)14-29-23-24-21-20(17-10-4-5-11-19(17)30-21)22(27)25(23)13-16-9-6-12-28-16/h1-3,6-9,12,18,26H,4-5,10-11,13-14H2/t18-/m1/s1. The van der Waals surface area contributed by atoms with E-state index in [1.807, 2.05) is 42.5 Å². The second-order valence-electron chi connectivity index (χ2n) is 7.49. The van der Waals surface area contributed by atoms with E-state index in [0.717, 1.165) is 35.0 Å². The zero-order chi connectivity index (χ0) is 20.5. The zero-order valence-electron chi connectivity index (χ0n) is 16.4. The molecule has 1 aliphatic carbocycles. The number of aliphatic hydroxyl groups excluding tert-OH is 1. The molecule has 3 heterocycles. The van der Waals surface area contributed by atoms with Crippen LogP contribution >= 0.6 is 23.1 Å². The summed E-state index contributed by atoms with van der Waals surface area (Å²) in [4.78, 5) is 20.5. The molecule has 0 saturated heterocycles. The lowest BCUT2D eigenvalue weighted by Gasteiger charge is -2.14. The summed E-state index contributed by atoms with van der Waals surface area (Å²) in [5.74, 6) is 1.14. The van der Waals surface area contributed by atoms with E-state index in [2.05, 4.69) is 0 Å². The maximum Gasteiger partial charge on any atom is 0.263 e. The van der Waals surface area contributed by atoms with E-state index in [1.165, 1.54) is 28.6 Å². The van der Waals surface area contributed by atoms with Crippen LogP contribution in [0.4, 0.5) is 0 Å². The highest BCUT2D eigenvalue weighted by atomic mass is 32.2. The number of aromatic nitrogens is 2. The van der Waals surface area contributed by atoms with E-state index in [1.54, 1.807) is 22.2 Å². The fourth-order valence-electron chi connectivity index (χ4n) is 3.95. The number of fused-ring (bicyclic) bond motifs is 3. The van der Waals surface area contributed by atoms with Crippen molar-refractivity contribution in [3.05, 3.63) is 80.8 Å². The van der Waals surface area contributed by atoms with E-state index in [0.29, 0.717) is 23.2 Å². The lowest BCUT2D eigenvalue weighted by molar-refractivity contribution is 0.204. The molecule has 1 N–H and O–H groups in total. The van der Waals surface area contributed by atoms with E-state index in [9.17, 15) is 9.90 Å². The molecular formula is C23H22N2O3S2. The van der Waals surface area contributed by atoms with Gasteiger partial charge in [0.25, 0.3) is 5.56 Å². The van der Waals surface area contributed by atoms with E-state index in [4.69, 9.17) is 9.40 Å². The van der Waals surface area contributed by atoms with Gasteiger partial charge < -0.3 is 9.52 Å². The first-order chi connectivity index (χ1) is 14.7. The molecule has 0 bridgehead atoms. The van der Waals surface area contributed by atoms with Gasteiger partial charge in [0.15, 0.2) is 5.16 Å². The zero-order valence-corrected chi connectivity index (χ0v) is 18.0. The highest BCUT2D eigenvalue weighted by Gasteiger charge is 2.23. The monoisotopic (exact) mass is 438 g/mol. The van der Waals surface area contributed by atoms with Crippen LogP contribution in [0, 0.1) is 0 Å². The minimum absolute atomic E-state index is 0.00694. The molecule has 1 aliphatic rings. The number of aryl methyl sites for hydroxylation is 2. The van der Waals surface area contributed by atoms with Gasteiger partial charge in [0.1, 0.15) is 10.6 Å². The van der Waals surface area contributed by atoms with Crippen molar-refractivity contribution in [2.24, 2.45) is 0 Å². The van der Waals surface area contributed by atoms with Crippen LogP contribution in [0.2, 0.25) is 0 Å². The Labute approximate surface area is 182 Å². The summed E-state index contributed by atoms with van der Waals surface area (Å²) in [5.41, 5.74) is 2.04. The minimum atomic E-state index is -0.627. The van der Waals surface area contributed by atoms with Crippen molar-refractivity contribution in [3.63, 3.8) is 0 Å². The number of furan rings is 1. The van der Waals surface area contributed by atoms with Gasteiger partial charge in [-0.25, -0.2) is 4.98 Å². The van der Waals surface area contributed by atoms with Crippen LogP contribution in [0.15, 0.2) is 63.1 Å². The molecule has 4 aromatic rings. The highest BCUT2D eigenvalue weighted by Crippen LogP contribution is 2.35. The Balaban J connectivity index is 1.54. The molecule has 0 aliphatic heterocycles. The molecule has 0 spiro atoms. The first-order valence-electron chi connectivity index (χ1n) is 10.1. The third-order valence-corrected chi connectivity index (χ3v) is 7.73. The minimum Gasteiger partial charge on any atom is -0.467 e. The van der Waals surface area contributed by atoms with Crippen LogP contribution in [0.3, 0.4) is 0 Å². The Morgan fingerprint density at radius 3 is 2.80 bits per heavy atom. The third kappa shape index (κ3) is 3.73. The molecule has 30 heavy (non-hydrogen) atoms. The van der Waals surface area contributed by atoms with Crippen LogP contribution in [0.1, 0.15) is 40.7 Å². The number of hydrogen-bond donors (Lipinski definition) is 1. The SMILES string of the molecule is O=c1c2c3c(sc2nc(SC[C@@H](O)c2ccccc2)n1Cc1ccco1)CCCC3. The number of aliphatic hydroxyl groups is 1. The van der Waals surface area contributed by atoms with Gasteiger partial charge >= 0.3 is 0 Å². The van der Waals surface area contributed by atoms with Gasteiger partial charge in [0.2, 0.25) is 0 Å². The number of hydrogen-bond acceptors (Lipinski definition) is 6. The number of benzene rings is 1. The summed E-state index contributed by atoms with van der Waals surface area (Å²) in [6.45, 7) is 0.336. The second-order valence-corrected chi connectivity index (χ2v) is 9.56. The normalized spacial score (nSPS) is 14.7. The van der Waals surface area contributed by atoms with Crippen molar-refractivity contribution in [2.45, 2.75) is 43.5 Å². The third-order valence-electron chi connectivity index (χ3n) is 5.49. The molecular weight excluding hydrogens is 416 g/mol. The lowest BCUT2D eigenvalue weighted by atomic mass is 9.97. The topological polar surface area (TPSA) is 68.3 Å². The molecule has 1 aromatic carbocycles. The molecule has 5 nitrogen and oxygen atoms in total. The quantitative estimate of drug-likeness (QED) is 0.346. The van der Waals surface area contributed by atoms with Crippen LogP contribution in [-0.2, 0) is 19.4 Å². The van der Waals surface area contributed by atoms with Gasteiger partial charge in [0, 0.05) is 10.6 Å². The molecule has 154 valence electrons. The molecule has 0 saturated carbocycles. The summed E-state index contributed by atoms with van der Waals surface area (Å²) < 4.78 is 7.20. The average molecular weight is 439 g/mol. The number of rotatable bonds is 6. The average Bonchev–Trinajstić information content (AvgIpc) is 3.42. The summed E-state index contributed by atoms with van der Waals surface area (Å²) in [6, 6.07) is 13.3. The van der Waals surface area contributed by atoms with Crippen LogP contribution in [0.25, 0.3) is 10.2 Å². The molecule has 1 atom stereocenters. The Kier molecular flexibility index (Phi) is 5.50. The molecule has 0 amide bonds. The van der Waals surface area contributed by atoms with E-state index < -0.39 is 6.10 Å². The van der Waals surface area contributed by atoms with Crippen molar-refractivity contribution in [1.82, 2.24) is 9.55 Å². The highest BCUT2D eigenvalue weighted by molar-refractivity contribution is 7.99. The second kappa shape index (κ2) is 8.41. The number of thioether (sulfide) groups is 1. The maximum absolute atomic E-state index is 13.5. The fraction of sp³-hybridized carbons (Fsp3) is 0.304. The van der Waals surface area contributed by atoms with Gasteiger partial charge in [-0.15, -0.1) is 11.3 Å². The predicted octanol–water partition coefficient (Wildman–Crippen LogP) is 4.80. The van der Waals surface area contributed by atoms with Gasteiger partial charge in [-0.1, -0.05) is 42.1 Å². The first kappa shape index (κ1) is 19.6. The van der Waals surface area contributed by atoms with Gasteiger partial charge in [-0.3, -0.25) is 9.36 Å². The lowest BCUT2D eigenvalue weighted by Crippen LogP contribution is -2.24. The van der Waals surface area contributed by atoms with E-state index in [-0.39, 0.29) is 5.56 Å². The van der Waals surface area contributed by atoms with Crippen molar-refractivity contribution >= 4 is 33.3 Å². The molecule has 3 aromatic heterocycles. The van der Waals surface area contributed by atoms with Gasteiger partial charge in [-0.05, 0) is 48.9 Å². The number of thiophene rings is 1. The van der Waals surface area contributed by atoms with Crippen LogP contribution in [-0.4, -0.2) is 20.4 Å². The van der Waals surface area contributed by atoms with Crippen molar-refractivity contribution < 1.29 is 9.52 Å². The smallest absolute Gasteiger partial charge is 0.263 e. The fourth-order valence-corrected chi connectivity index (χ4v) is 6.22. The Morgan fingerprint density at radius 2 is 2.00 bits per heavy atom. The molecule has 0 unspecified atom stereocenters. The summed E-state index contributed by atoms with van der Waals surface area (Å²) in [5, 5.41) is 12.0. The van der Waals surface area contributed by atoms with Crippen LogP contribution in [0.5, 0.6) is 0 Å². The Morgan fingerprint density at radius 1 is 1.17 bits per heavy atom. The molecule has 0 radical (unpaired) electrons. The summed E-state index contributed by atoms with van der Waals surface area (Å²) in [7, 11) is 0. The van der Waals surface area contributed by atoms with Crippen molar-refractivity contribution in [3.8, 4) is 0 Å². The summed E-state index contributed by atoms with van der Waals surface area (Å²) in [6.07, 6.45) is 5.26. The molecule has 7 heteroatoms. The predicted molar refractivity (Wildman–Crippen MR) is 120 cm³/mol. The number of nitrogens with zero attached hydrogens (tertiary/aromatic N) is 2. The van der Waals surface area contributed by atoms with Gasteiger partial charge in [0.05, 0.1) is 24.3 Å². The van der Waals surface area contributed by atoms with Gasteiger partial charge in [-0.2, -0.15) is 0 Å².